The molecule has 0 radical (unpaired) electrons. The molecule has 0 saturated carbocycles. The normalized spacial score (nSPS) is 11.0. The highest BCUT2D eigenvalue weighted by atomic mass is 16.6. The molecule has 0 aliphatic rings. The molecule has 150 valence electrons. The standard InChI is InChI=1S/C25H18N4O2/c30-29(31)21-13-11-19(12-14-21)23-15-22-24(20-9-5-2-6-10-20)26-17-27-25(22)28(23)16-18-7-3-1-4-8-18/h1-15,17H,16H2. The third kappa shape index (κ3) is 3.55. The first-order chi connectivity index (χ1) is 15.2. The van der Waals surface area contributed by atoms with Crippen LogP contribution in [0.25, 0.3) is 33.5 Å². The second-order valence-corrected chi connectivity index (χ2v) is 7.23. The van der Waals surface area contributed by atoms with Crippen molar-refractivity contribution in [3.63, 3.8) is 0 Å². The molecule has 2 aromatic heterocycles. The minimum absolute atomic E-state index is 0.0687. The second-order valence-electron chi connectivity index (χ2n) is 7.23. The van der Waals surface area contributed by atoms with E-state index in [0.29, 0.717) is 6.54 Å². The quantitative estimate of drug-likeness (QED) is 0.276. The van der Waals surface area contributed by atoms with Gasteiger partial charge in [-0.2, -0.15) is 0 Å². The molecule has 31 heavy (non-hydrogen) atoms. The average molecular weight is 406 g/mol. The summed E-state index contributed by atoms with van der Waals surface area (Å²) in [4.78, 5) is 19.8. The zero-order chi connectivity index (χ0) is 21.2. The molecule has 0 fully saturated rings. The van der Waals surface area contributed by atoms with Gasteiger partial charge in [0.15, 0.2) is 0 Å². The van der Waals surface area contributed by atoms with Crippen molar-refractivity contribution in [3.05, 3.63) is 113 Å². The van der Waals surface area contributed by atoms with Gasteiger partial charge in [-0.25, -0.2) is 9.97 Å². The Balaban J connectivity index is 1.72. The number of aromatic nitrogens is 3. The van der Waals surface area contributed by atoms with Crippen molar-refractivity contribution >= 4 is 16.7 Å². The Morgan fingerprint density at radius 3 is 2.16 bits per heavy atom. The molecule has 6 nitrogen and oxygen atoms in total. The monoisotopic (exact) mass is 406 g/mol. The van der Waals surface area contributed by atoms with E-state index >= 15 is 0 Å². The van der Waals surface area contributed by atoms with Gasteiger partial charge in [-0.15, -0.1) is 0 Å². The minimum Gasteiger partial charge on any atom is -0.321 e. The first-order valence-electron chi connectivity index (χ1n) is 9.89. The molecule has 0 saturated heterocycles. The van der Waals surface area contributed by atoms with Crippen LogP contribution in [0, 0.1) is 10.1 Å². The maximum atomic E-state index is 11.1. The summed E-state index contributed by atoms with van der Waals surface area (Å²) in [5.41, 5.74) is 5.74. The highest BCUT2D eigenvalue weighted by Gasteiger charge is 2.17. The third-order valence-corrected chi connectivity index (χ3v) is 5.30. The van der Waals surface area contributed by atoms with Crippen molar-refractivity contribution < 1.29 is 4.92 Å². The van der Waals surface area contributed by atoms with Gasteiger partial charge in [0.05, 0.1) is 16.3 Å². The maximum Gasteiger partial charge on any atom is 0.269 e. The Labute approximate surface area is 178 Å². The predicted molar refractivity (Wildman–Crippen MR) is 121 cm³/mol. The van der Waals surface area contributed by atoms with E-state index < -0.39 is 0 Å². The lowest BCUT2D eigenvalue weighted by atomic mass is 10.1. The van der Waals surface area contributed by atoms with Crippen LogP contribution in [0.5, 0.6) is 0 Å². The molecule has 0 N–H and O–H groups in total. The Kier molecular flexibility index (Phi) is 4.72. The van der Waals surface area contributed by atoms with Crippen LogP contribution < -0.4 is 0 Å². The van der Waals surface area contributed by atoms with Crippen LogP contribution in [-0.2, 0) is 6.54 Å². The van der Waals surface area contributed by atoms with Gasteiger partial charge in [0.25, 0.3) is 5.69 Å². The van der Waals surface area contributed by atoms with Gasteiger partial charge in [-0.05, 0) is 29.3 Å². The van der Waals surface area contributed by atoms with Crippen LogP contribution in [0.2, 0.25) is 0 Å². The Hall–Kier alpha value is -4.32. The van der Waals surface area contributed by atoms with Gasteiger partial charge >= 0.3 is 0 Å². The number of nitrogens with zero attached hydrogens (tertiary/aromatic N) is 4. The fraction of sp³-hybridized carbons (Fsp3) is 0.0400. The van der Waals surface area contributed by atoms with Gasteiger partial charge in [-0.1, -0.05) is 60.7 Å². The molecule has 0 atom stereocenters. The summed E-state index contributed by atoms with van der Waals surface area (Å²) in [5, 5.41) is 12.0. The van der Waals surface area contributed by atoms with E-state index in [0.717, 1.165) is 39.1 Å². The summed E-state index contributed by atoms with van der Waals surface area (Å²) in [6.07, 6.45) is 1.59. The summed E-state index contributed by atoms with van der Waals surface area (Å²) in [6.45, 7) is 0.627. The second kappa shape index (κ2) is 7.84. The zero-order valence-corrected chi connectivity index (χ0v) is 16.6. The number of nitro benzene ring substituents is 1. The highest BCUT2D eigenvalue weighted by molar-refractivity contribution is 5.95. The van der Waals surface area contributed by atoms with E-state index in [1.165, 1.54) is 12.1 Å². The van der Waals surface area contributed by atoms with Crippen molar-refractivity contribution in [2.75, 3.05) is 0 Å². The predicted octanol–water partition coefficient (Wildman–Crippen LogP) is 5.72. The molecule has 0 aliphatic carbocycles. The summed E-state index contributed by atoms with van der Waals surface area (Å²) in [6, 6.07) is 28.9. The first-order valence-corrected chi connectivity index (χ1v) is 9.89. The largest absolute Gasteiger partial charge is 0.321 e. The number of hydrogen-bond acceptors (Lipinski definition) is 4. The Morgan fingerprint density at radius 1 is 0.806 bits per heavy atom. The molecule has 5 aromatic rings. The van der Waals surface area contributed by atoms with E-state index in [1.807, 2.05) is 48.5 Å². The zero-order valence-electron chi connectivity index (χ0n) is 16.6. The van der Waals surface area contributed by atoms with Crippen LogP contribution in [0.1, 0.15) is 5.56 Å². The molecule has 3 aromatic carbocycles. The fourth-order valence-corrected chi connectivity index (χ4v) is 3.81. The molecule has 0 unspecified atom stereocenters. The summed E-state index contributed by atoms with van der Waals surface area (Å²) >= 11 is 0. The molecule has 2 heterocycles. The number of rotatable bonds is 5. The van der Waals surface area contributed by atoms with Crippen molar-refractivity contribution in [2.24, 2.45) is 0 Å². The van der Waals surface area contributed by atoms with E-state index in [-0.39, 0.29) is 10.6 Å². The van der Waals surface area contributed by atoms with E-state index in [2.05, 4.69) is 32.7 Å². The average Bonchev–Trinajstić information content (AvgIpc) is 3.19. The van der Waals surface area contributed by atoms with E-state index in [9.17, 15) is 10.1 Å². The van der Waals surface area contributed by atoms with Crippen molar-refractivity contribution in [2.45, 2.75) is 6.54 Å². The lowest BCUT2D eigenvalue weighted by Crippen LogP contribution is -2.03. The van der Waals surface area contributed by atoms with Crippen molar-refractivity contribution in [1.82, 2.24) is 14.5 Å². The summed E-state index contributed by atoms with van der Waals surface area (Å²) < 4.78 is 2.14. The number of fused-ring (bicyclic) bond motifs is 1. The van der Waals surface area contributed by atoms with Crippen LogP contribution in [0.4, 0.5) is 5.69 Å². The molecule has 0 amide bonds. The third-order valence-electron chi connectivity index (χ3n) is 5.30. The Morgan fingerprint density at radius 2 is 1.48 bits per heavy atom. The molecule has 5 rings (SSSR count). The molecule has 0 aliphatic heterocycles. The highest BCUT2D eigenvalue weighted by Crippen LogP contribution is 2.33. The van der Waals surface area contributed by atoms with Crippen LogP contribution in [-0.4, -0.2) is 19.5 Å². The van der Waals surface area contributed by atoms with Crippen LogP contribution >= 0.6 is 0 Å². The number of nitro groups is 1. The summed E-state index contributed by atoms with van der Waals surface area (Å²) in [5.74, 6) is 0. The lowest BCUT2D eigenvalue weighted by Gasteiger charge is -2.11. The first kappa shape index (κ1) is 18.7. The minimum atomic E-state index is -0.387. The topological polar surface area (TPSA) is 73.8 Å². The maximum absolute atomic E-state index is 11.1. The van der Waals surface area contributed by atoms with E-state index in [4.69, 9.17) is 0 Å². The van der Waals surface area contributed by atoms with Gasteiger partial charge in [0.1, 0.15) is 12.0 Å². The SMILES string of the molecule is O=[N+]([O-])c1ccc(-c2cc3c(-c4ccccc4)ncnc3n2Cc2ccccc2)cc1. The van der Waals surface area contributed by atoms with Crippen LogP contribution in [0.15, 0.2) is 97.3 Å². The fourth-order valence-electron chi connectivity index (χ4n) is 3.81. The van der Waals surface area contributed by atoms with Gasteiger partial charge < -0.3 is 4.57 Å². The van der Waals surface area contributed by atoms with E-state index in [1.54, 1.807) is 18.5 Å². The number of benzene rings is 3. The molecular weight excluding hydrogens is 388 g/mol. The van der Waals surface area contributed by atoms with Gasteiger partial charge in [0, 0.05) is 29.6 Å². The molecule has 0 spiro atoms. The number of hydrogen-bond donors (Lipinski definition) is 0. The van der Waals surface area contributed by atoms with Gasteiger partial charge in [-0.3, -0.25) is 10.1 Å². The van der Waals surface area contributed by atoms with Crippen molar-refractivity contribution in [1.29, 1.82) is 0 Å². The summed E-state index contributed by atoms with van der Waals surface area (Å²) in [7, 11) is 0. The molecular formula is C25H18N4O2. The molecule has 6 heteroatoms. The molecule has 0 bridgehead atoms. The lowest BCUT2D eigenvalue weighted by molar-refractivity contribution is -0.384. The number of non-ortho nitro benzene ring substituents is 1. The van der Waals surface area contributed by atoms with Crippen LogP contribution in [0.3, 0.4) is 0 Å². The van der Waals surface area contributed by atoms with Gasteiger partial charge in [0.2, 0.25) is 0 Å². The van der Waals surface area contributed by atoms with Crippen molar-refractivity contribution in [3.8, 4) is 22.5 Å². The Bertz CT molecular complexity index is 1360. The smallest absolute Gasteiger partial charge is 0.269 e.